The standard InChI is InChI=1S/C13H11N5/c1-2-10-11(9-6-4-3-5-7-9)17-13(14)18-12(10)15-8-16-18/h2-8H,1H2,(H2,14,17). The second-order valence-electron chi connectivity index (χ2n) is 3.80. The average Bonchev–Trinajstić information content (AvgIpc) is 2.89. The van der Waals surface area contributed by atoms with Gasteiger partial charge in [0.25, 0.3) is 0 Å². The van der Waals surface area contributed by atoms with Crippen LogP contribution in [0.1, 0.15) is 5.56 Å². The fourth-order valence-electron chi connectivity index (χ4n) is 1.92. The van der Waals surface area contributed by atoms with Crippen LogP contribution in [0.2, 0.25) is 0 Å². The van der Waals surface area contributed by atoms with E-state index in [-0.39, 0.29) is 0 Å². The lowest BCUT2D eigenvalue weighted by Crippen LogP contribution is -2.05. The number of nitrogens with two attached hydrogens (primary N) is 1. The SMILES string of the molecule is C=Cc1c(-c2ccccc2)nc(N)n2ncnc12. The van der Waals surface area contributed by atoms with Gasteiger partial charge in [-0.15, -0.1) is 0 Å². The third-order valence-electron chi connectivity index (χ3n) is 2.74. The summed E-state index contributed by atoms with van der Waals surface area (Å²) < 4.78 is 1.50. The van der Waals surface area contributed by atoms with Crippen LogP contribution in [0, 0.1) is 0 Å². The van der Waals surface area contributed by atoms with Gasteiger partial charge >= 0.3 is 0 Å². The third-order valence-corrected chi connectivity index (χ3v) is 2.74. The molecule has 5 nitrogen and oxygen atoms in total. The summed E-state index contributed by atoms with van der Waals surface area (Å²) in [6, 6.07) is 9.81. The van der Waals surface area contributed by atoms with E-state index >= 15 is 0 Å². The summed E-state index contributed by atoms with van der Waals surface area (Å²) in [6.07, 6.45) is 3.17. The molecule has 88 valence electrons. The first-order valence-electron chi connectivity index (χ1n) is 5.48. The van der Waals surface area contributed by atoms with Crippen LogP contribution < -0.4 is 5.73 Å². The second-order valence-corrected chi connectivity index (χ2v) is 3.80. The van der Waals surface area contributed by atoms with Crippen molar-refractivity contribution in [3.05, 3.63) is 48.8 Å². The van der Waals surface area contributed by atoms with Crippen LogP contribution in [0.15, 0.2) is 43.2 Å². The molecule has 0 spiro atoms. The molecule has 0 atom stereocenters. The maximum Gasteiger partial charge on any atom is 0.223 e. The highest BCUT2D eigenvalue weighted by molar-refractivity contribution is 5.80. The molecular formula is C13H11N5. The number of anilines is 1. The minimum Gasteiger partial charge on any atom is -0.368 e. The Balaban J connectivity index is 2.39. The van der Waals surface area contributed by atoms with Crippen LogP contribution in [0.25, 0.3) is 23.0 Å². The Kier molecular flexibility index (Phi) is 2.30. The molecular weight excluding hydrogens is 226 g/mol. The van der Waals surface area contributed by atoms with Crippen molar-refractivity contribution in [2.45, 2.75) is 0 Å². The Hall–Kier alpha value is -2.69. The molecule has 0 unspecified atom stereocenters. The summed E-state index contributed by atoms with van der Waals surface area (Å²) in [7, 11) is 0. The van der Waals surface area contributed by atoms with Crippen LogP contribution in [-0.4, -0.2) is 19.6 Å². The fraction of sp³-hybridized carbons (Fsp3) is 0. The topological polar surface area (TPSA) is 69.1 Å². The van der Waals surface area contributed by atoms with Crippen LogP contribution in [0.5, 0.6) is 0 Å². The van der Waals surface area contributed by atoms with Crippen molar-refractivity contribution in [2.75, 3.05) is 5.73 Å². The number of rotatable bonds is 2. The lowest BCUT2D eigenvalue weighted by atomic mass is 10.1. The summed E-state index contributed by atoms with van der Waals surface area (Å²) in [6.45, 7) is 3.81. The largest absolute Gasteiger partial charge is 0.368 e. The van der Waals surface area contributed by atoms with Crippen molar-refractivity contribution >= 4 is 17.7 Å². The summed E-state index contributed by atoms with van der Waals surface area (Å²) in [4.78, 5) is 8.58. The lowest BCUT2D eigenvalue weighted by molar-refractivity contribution is 0.939. The van der Waals surface area contributed by atoms with E-state index in [0.717, 1.165) is 16.8 Å². The van der Waals surface area contributed by atoms with E-state index in [0.29, 0.717) is 11.6 Å². The maximum absolute atomic E-state index is 5.88. The van der Waals surface area contributed by atoms with Gasteiger partial charge in [0.2, 0.25) is 5.95 Å². The van der Waals surface area contributed by atoms with Crippen molar-refractivity contribution in [2.24, 2.45) is 0 Å². The van der Waals surface area contributed by atoms with Gasteiger partial charge in [-0.25, -0.2) is 9.97 Å². The number of hydrogen-bond donors (Lipinski definition) is 1. The predicted molar refractivity (Wildman–Crippen MR) is 70.7 cm³/mol. The number of nitrogen functional groups attached to an aromatic ring is 1. The molecule has 3 aromatic rings. The monoisotopic (exact) mass is 237 g/mol. The zero-order valence-electron chi connectivity index (χ0n) is 9.61. The molecule has 0 aliphatic rings. The number of aromatic nitrogens is 4. The van der Waals surface area contributed by atoms with Crippen molar-refractivity contribution in [3.63, 3.8) is 0 Å². The molecule has 0 amide bonds. The Morgan fingerprint density at radius 3 is 2.72 bits per heavy atom. The molecule has 3 rings (SSSR count). The lowest BCUT2D eigenvalue weighted by Gasteiger charge is -2.08. The number of hydrogen-bond acceptors (Lipinski definition) is 4. The second kappa shape index (κ2) is 3.96. The van der Waals surface area contributed by atoms with Gasteiger partial charge in [-0.05, 0) is 0 Å². The smallest absolute Gasteiger partial charge is 0.223 e. The highest BCUT2D eigenvalue weighted by Gasteiger charge is 2.13. The zero-order chi connectivity index (χ0) is 12.5. The Bertz CT molecular complexity index is 715. The molecule has 5 heteroatoms. The average molecular weight is 237 g/mol. The van der Waals surface area contributed by atoms with Gasteiger partial charge in [0.15, 0.2) is 5.65 Å². The first-order chi connectivity index (χ1) is 8.81. The van der Waals surface area contributed by atoms with E-state index < -0.39 is 0 Å². The van der Waals surface area contributed by atoms with Gasteiger partial charge in [-0.1, -0.05) is 43.0 Å². The molecule has 1 aromatic carbocycles. The van der Waals surface area contributed by atoms with Crippen LogP contribution in [-0.2, 0) is 0 Å². The quantitative estimate of drug-likeness (QED) is 0.740. The fourth-order valence-corrected chi connectivity index (χ4v) is 1.92. The molecule has 0 aliphatic heterocycles. The molecule has 0 radical (unpaired) electrons. The maximum atomic E-state index is 5.88. The normalized spacial score (nSPS) is 10.7. The Labute approximate surface area is 104 Å². The first-order valence-corrected chi connectivity index (χ1v) is 5.48. The minimum atomic E-state index is 0.312. The predicted octanol–water partition coefficient (Wildman–Crippen LogP) is 2.02. The van der Waals surface area contributed by atoms with Gasteiger partial charge in [-0.2, -0.15) is 9.61 Å². The molecule has 0 aliphatic carbocycles. The number of benzene rings is 1. The van der Waals surface area contributed by atoms with Gasteiger partial charge in [-0.3, -0.25) is 0 Å². The Morgan fingerprint density at radius 1 is 1.22 bits per heavy atom. The zero-order valence-corrected chi connectivity index (χ0v) is 9.61. The van der Waals surface area contributed by atoms with Gasteiger partial charge in [0, 0.05) is 11.1 Å². The highest BCUT2D eigenvalue weighted by Crippen LogP contribution is 2.26. The van der Waals surface area contributed by atoms with E-state index in [4.69, 9.17) is 5.73 Å². The minimum absolute atomic E-state index is 0.312. The van der Waals surface area contributed by atoms with E-state index in [2.05, 4.69) is 21.6 Å². The summed E-state index contributed by atoms with van der Waals surface area (Å²) in [5.41, 5.74) is 9.11. The van der Waals surface area contributed by atoms with Gasteiger partial charge < -0.3 is 5.73 Å². The van der Waals surface area contributed by atoms with Gasteiger partial charge in [0.1, 0.15) is 6.33 Å². The van der Waals surface area contributed by atoms with Crippen LogP contribution in [0.4, 0.5) is 5.95 Å². The molecule has 0 saturated heterocycles. The van der Waals surface area contributed by atoms with Crippen LogP contribution in [0.3, 0.4) is 0 Å². The first kappa shape index (κ1) is 10.5. The number of fused-ring (bicyclic) bond motifs is 1. The summed E-state index contributed by atoms with van der Waals surface area (Å²) >= 11 is 0. The molecule has 0 fully saturated rings. The van der Waals surface area contributed by atoms with E-state index in [1.807, 2.05) is 30.3 Å². The molecule has 0 bridgehead atoms. The Morgan fingerprint density at radius 2 is 2.00 bits per heavy atom. The molecule has 18 heavy (non-hydrogen) atoms. The van der Waals surface area contributed by atoms with Crippen molar-refractivity contribution in [1.29, 1.82) is 0 Å². The van der Waals surface area contributed by atoms with E-state index in [9.17, 15) is 0 Å². The van der Waals surface area contributed by atoms with Crippen molar-refractivity contribution < 1.29 is 0 Å². The van der Waals surface area contributed by atoms with Crippen LogP contribution >= 0.6 is 0 Å². The molecule has 2 heterocycles. The molecule has 2 aromatic heterocycles. The van der Waals surface area contributed by atoms with Crippen molar-refractivity contribution in [3.8, 4) is 11.3 Å². The van der Waals surface area contributed by atoms with E-state index in [1.54, 1.807) is 6.08 Å². The molecule has 0 saturated carbocycles. The number of nitrogens with zero attached hydrogens (tertiary/aromatic N) is 4. The van der Waals surface area contributed by atoms with E-state index in [1.165, 1.54) is 10.8 Å². The molecule has 2 N–H and O–H groups in total. The summed E-state index contributed by atoms with van der Waals surface area (Å²) in [5.74, 6) is 0.312. The van der Waals surface area contributed by atoms with Crippen molar-refractivity contribution in [1.82, 2.24) is 19.6 Å². The highest BCUT2D eigenvalue weighted by atomic mass is 15.3. The third kappa shape index (κ3) is 1.45. The van der Waals surface area contributed by atoms with Gasteiger partial charge in [0.05, 0.1) is 5.69 Å². The summed E-state index contributed by atoms with van der Waals surface area (Å²) in [5, 5.41) is 4.03.